The van der Waals surface area contributed by atoms with Gasteiger partial charge in [0.25, 0.3) is 0 Å². The van der Waals surface area contributed by atoms with Crippen LogP contribution in [0.2, 0.25) is 0 Å². The lowest BCUT2D eigenvalue weighted by atomic mass is 10.1. The summed E-state index contributed by atoms with van der Waals surface area (Å²) in [6.07, 6.45) is 1.59. The summed E-state index contributed by atoms with van der Waals surface area (Å²) in [4.78, 5) is 0.135. The van der Waals surface area contributed by atoms with Crippen molar-refractivity contribution in [3.63, 3.8) is 0 Å². The zero-order valence-electron chi connectivity index (χ0n) is 10.7. The van der Waals surface area contributed by atoms with Crippen LogP contribution in [0.15, 0.2) is 41.4 Å². The molecule has 0 aliphatic heterocycles. The van der Waals surface area contributed by atoms with Crippen molar-refractivity contribution in [2.45, 2.75) is 31.2 Å². The predicted octanol–water partition coefficient (Wildman–Crippen LogP) is 1.53. The molecule has 0 unspecified atom stereocenters. The third kappa shape index (κ3) is 2.37. The molecule has 5 heteroatoms. The van der Waals surface area contributed by atoms with Gasteiger partial charge in [0.1, 0.15) is 4.90 Å². The third-order valence-electron chi connectivity index (χ3n) is 2.80. The topological polar surface area (TPSA) is 64.0 Å². The minimum Gasteiger partial charge on any atom is -0.224 e. The number of hydrogen-bond acceptors (Lipinski definition) is 2. The maximum absolute atomic E-state index is 11.5. The van der Waals surface area contributed by atoms with E-state index in [9.17, 15) is 8.42 Å². The smallest absolute Gasteiger partial charge is 0.224 e. The van der Waals surface area contributed by atoms with Gasteiger partial charge in [-0.15, -0.1) is 0 Å². The van der Waals surface area contributed by atoms with E-state index in [1.54, 1.807) is 12.3 Å². The van der Waals surface area contributed by atoms with Gasteiger partial charge in [-0.05, 0) is 12.1 Å². The summed E-state index contributed by atoms with van der Waals surface area (Å²) < 4.78 is 25.0. The molecule has 0 spiro atoms. The SMILES string of the molecule is CC(C)(C)[n+]1cc(S(N)(=O)=O)cc2ccccc21. The van der Waals surface area contributed by atoms with Gasteiger partial charge in [0, 0.05) is 32.2 Å². The van der Waals surface area contributed by atoms with E-state index in [0.717, 1.165) is 10.9 Å². The Morgan fingerprint density at radius 2 is 1.78 bits per heavy atom. The number of benzene rings is 1. The van der Waals surface area contributed by atoms with Gasteiger partial charge >= 0.3 is 0 Å². The third-order valence-corrected chi connectivity index (χ3v) is 3.68. The standard InChI is InChI=1S/C13H17N2O2S/c1-13(2,3)15-9-11(18(14,16)17)8-10-6-4-5-7-12(10)15/h4-9H,1-3H3,(H2,14,16,17)/q+1. The number of hydrogen-bond donors (Lipinski definition) is 1. The molecule has 0 atom stereocenters. The number of para-hydroxylation sites is 1. The molecule has 0 bridgehead atoms. The van der Waals surface area contributed by atoms with Gasteiger partial charge in [-0.3, -0.25) is 0 Å². The number of sulfonamides is 1. The van der Waals surface area contributed by atoms with Gasteiger partial charge < -0.3 is 0 Å². The highest BCUT2D eigenvalue weighted by Crippen LogP contribution is 2.18. The first kappa shape index (κ1) is 13.0. The first-order valence-corrected chi connectivity index (χ1v) is 7.22. The minimum atomic E-state index is -3.70. The highest BCUT2D eigenvalue weighted by molar-refractivity contribution is 7.89. The quantitative estimate of drug-likeness (QED) is 0.795. The molecule has 4 nitrogen and oxygen atoms in total. The predicted molar refractivity (Wildman–Crippen MR) is 70.5 cm³/mol. The second-order valence-corrected chi connectivity index (χ2v) is 6.88. The van der Waals surface area contributed by atoms with E-state index in [4.69, 9.17) is 5.14 Å². The van der Waals surface area contributed by atoms with Crippen LogP contribution >= 0.6 is 0 Å². The van der Waals surface area contributed by atoms with Gasteiger partial charge in [0.05, 0.1) is 0 Å². The van der Waals surface area contributed by atoms with Crippen LogP contribution in [0, 0.1) is 0 Å². The number of nitrogens with two attached hydrogens (primary N) is 1. The highest BCUT2D eigenvalue weighted by atomic mass is 32.2. The van der Waals surface area contributed by atoms with E-state index < -0.39 is 10.0 Å². The van der Waals surface area contributed by atoms with E-state index >= 15 is 0 Å². The van der Waals surface area contributed by atoms with Crippen LogP contribution in [0.25, 0.3) is 10.9 Å². The Hall–Kier alpha value is -1.46. The lowest BCUT2D eigenvalue weighted by Gasteiger charge is -2.16. The van der Waals surface area contributed by atoms with Crippen molar-refractivity contribution < 1.29 is 13.0 Å². The van der Waals surface area contributed by atoms with Crippen molar-refractivity contribution in [3.05, 3.63) is 36.5 Å². The van der Waals surface area contributed by atoms with Crippen molar-refractivity contribution in [2.24, 2.45) is 5.14 Å². The molecule has 2 rings (SSSR count). The lowest BCUT2D eigenvalue weighted by Crippen LogP contribution is -2.51. The monoisotopic (exact) mass is 265 g/mol. The molecular formula is C13H17N2O2S+. The molecule has 0 fully saturated rings. The van der Waals surface area contributed by atoms with Gasteiger partial charge in [0.15, 0.2) is 11.7 Å². The van der Waals surface area contributed by atoms with Crippen LogP contribution in [-0.2, 0) is 15.6 Å². The van der Waals surface area contributed by atoms with Crippen molar-refractivity contribution in [3.8, 4) is 0 Å². The van der Waals surface area contributed by atoms with E-state index in [1.807, 2.05) is 49.6 Å². The van der Waals surface area contributed by atoms with Crippen molar-refractivity contribution >= 4 is 20.9 Å². The average molecular weight is 265 g/mol. The molecular weight excluding hydrogens is 248 g/mol. The van der Waals surface area contributed by atoms with Crippen LogP contribution in [0.4, 0.5) is 0 Å². The first-order chi connectivity index (χ1) is 8.19. The Kier molecular flexibility index (Phi) is 2.91. The molecule has 0 aliphatic carbocycles. The summed E-state index contributed by atoms with van der Waals surface area (Å²) >= 11 is 0. The molecule has 1 aromatic heterocycles. The van der Waals surface area contributed by atoms with Gasteiger partial charge in [-0.25, -0.2) is 13.6 Å². The fourth-order valence-electron chi connectivity index (χ4n) is 1.93. The number of primary sulfonamides is 1. The summed E-state index contributed by atoms with van der Waals surface area (Å²) in [5.74, 6) is 0. The molecule has 0 aliphatic rings. The summed E-state index contributed by atoms with van der Waals surface area (Å²) in [6, 6.07) is 9.26. The zero-order valence-corrected chi connectivity index (χ0v) is 11.5. The van der Waals surface area contributed by atoms with E-state index in [-0.39, 0.29) is 10.4 Å². The van der Waals surface area contributed by atoms with Crippen molar-refractivity contribution in [1.82, 2.24) is 0 Å². The molecule has 1 heterocycles. The highest BCUT2D eigenvalue weighted by Gasteiger charge is 2.27. The molecule has 0 saturated carbocycles. The molecule has 0 saturated heterocycles. The first-order valence-electron chi connectivity index (χ1n) is 5.67. The number of aromatic nitrogens is 1. The minimum absolute atomic E-state index is 0.135. The van der Waals surface area contributed by atoms with E-state index in [1.165, 1.54) is 0 Å². The average Bonchev–Trinajstić information content (AvgIpc) is 2.25. The van der Waals surface area contributed by atoms with Crippen LogP contribution in [-0.4, -0.2) is 8.42 Å². The summed E-state index contributed by atoms with van der Waals surface area (Å²) in [5.41, 5.74) is 0.762. The Balaban J connectivity index is 2.90. The van der Waals surface area contributed by atoms with Crippen LogP contribution < -0.4 is 9.71 Å². The molecule has 1 aromatic carbocycles. The van der Waals surface area contributed by atoms with Gasteiger partial charge in [-0.2, -0.15) is 4.57 Å². The van der Waals surface area contributed by atoms with Gasteiger partial charge in [0.2, 0.25) is 15.5 Å². The second kappa shape index (κ2) is 4.03. The molecule has 0 amide bonds. The number of rotatable bonds is 1. The fraction of sp³-hybridized carbons (Fsp3) is 0.308. The van der Waals surface area contributed by atoms with Gasteiger partial charge in [-0.1, -0.05) is 12.1 Å². The summed E-state index contributed by atoms with van der Waals surface area (Å²) in [5, 5.41) is 6.08. The summed E-state index contributed by atoms with van der Waals surface area (Å²) in [7, 11) is -3.70. The number of pyridine rings is 1. The number of fused-ring (bicyclic) bond motifs is 1. The Bertz CT molecular complexity index is 700. The maximum atomic E-state index is 11.5. The summed E-state index contributed by atoms with van der Waals surface area (Å²) in [6.45, 7) is 6.06. The zero-order chi connectivity index (χ0) is 13.6. The van der Waals surface area contributed by atoms with Crippen LogP contribution in [0.5, 0.6) is 0 Å². The Morgan fingerprint density at radius 3 is 2.33 bits per heavy atom. The van der Waals surface area contributed by atoms with Crippen molar-refractivity contribution in [1.29, 1.82) is 0 Å². The van der Waals surface area contributed by atoms with Crippen LogP contribution in [0.1, 0.15) is 20.8 Å². The fourth-order valence-corrected chi connectivity index (χ4v) is 2.47. The number of nitrogens with zero attached hydrogens (tertiary/aromatic N) is 1. The molecule has 0 radical (unpaired) electrons. The van der Waals surface area contributed by atoms with E-state index in [2.05, 4.69) is 0 Å². The molecule has 2 N–H and O–H groups in total. The van der Waals surface area contributed by atoms with Crippen LogP contribution in [0.3, 0.4) is 0 Å². The Morgan fingerprint density at radius 1 is 1.17 bits per heavy atom. The molecule has 2 aromatic rings. The van der Waals surface area contributed by atoms with E-state index in [0.29, 0.717) is 0 Å². The normalized spacial score (nSPS) is 12.9. The maximum Gasteiger partial charge on any atom is 0.244 e. The molecule has 96 valence electrons. The van der Waals surface area contributed by atoms with Crippen molar-refractivity contribution in [2.75, 3.05) is 0 Å². The largest absolute Gasteiger partial charge is 0.244 e. The Labute approximate surface area is 107 Å². The second-order valence-electron chi connectivity index (χ2n) is 5.32. The molecule has 18 heavy (non-hydrogen) atoms. The lowest BCUT2D eigenvalue weighted by molar-refractivity contribution is -0.732.